The average Bonchev–Trinajstić information content (AvgIpc) is 2.85. The van der Waals surface area contributed by atoms with E-state index in [1.165, 1.54) is 16.8 Å². The van der Waals surface area contributed by atoms with Crippen LogP contribution in [0.1, 0.15) is 30.9 Å². The molecule has 7 heteroatoms. The Labute approximate surface area is 215 Å². The second-order valence-corrected chi connectivity index (χ2v) is 8.64. The summed E-state index contributed by atoms with van der Waals surface area (Å²) in [5, 5.41) is 7.08. The second-order valence-electron chi connectivity index (χ2n) is 8.64. The quantitative estimate of drug-likeness (QED) is 0.305. The number of halogens is 1. The van der Waals surface area contributed by atoms with Crippen molar-refractivity contribution in [3.63, 3.8) is 0 Å². The minimum atomic E-state index is 0. The number of hydrogen-bond acceptors (Lipinski definition) is 4. The summed E-state index contributed by atoms with van der Waals surface area (Å²) >= 11 is 0. The summed E-state index contributed by atoms with van der Waals surface area (Å²) < 4.78 is 5.45. The van der Waals surface area contributed by atoms with Crippen LogP contribution < -0.4 is 15.5 Å². The molecule has 0 spiro atoms. The lowest BCUT2D eigenvalue weighted by molar-refractivity contribution is 0.122. The molecule has 2 heterocycles. The Balaban J connectivity index is 0.00000306. The molecule has 6 nitrogen and oxygen atoms in total. The van der Waals surface area contributed by atoms with Crippen LogP contribution in [0.4, 0.5) is 5.69 Å². The zero-order chi connectivity index (χ0) is 22.0. The van der Waals surface area contributed by atoms with Gasteiger partial charge in [0.2, 0.25) is 0 Å². The topological polar surface area (TPSA) is 52.1 Å². The molecular weight excluding hydrogens is 525 g/mol. The maximum absolute atomic E-state index is 5.45. The number of hydrogen-bond donors (Lipinski definition) is 2. The third-order valence-corrected chi connectivity index (χ3v) is 6.25. The summed E-state index contributed by atoms with van der Waals surface area (Å²) in [4.78, 5) is 9.78. The largest absolute Gasteiger partial charge is 0.378 e. The van der Waals surface area contributed by atoms with Crippen molar-refractivity contribution in [1.29, 1.82) is 0 Å². The average molecular weight is 564 g/mol. The van der Waals surface area contributed by atoms with Gasteiger partial charge in [-0.2, -0.15) is 0 Å². The molecule has 33 heavy (non-hydrogen) atoms. The second kappa shape index (κ2) is 13.8. The van der Waals surface area contributed by atoms with Crippen molar-refractivity contribution < 1.29 is 4.74 Å². The third-order valence-electron chi connectivity index (χ3n) is 6.25. The molecule has 0 aliphatic carbocycles. The van der Waals surface area contributed by atoms with Crippen molar-refractivity contribution in [1.82, 2.24) is 15.5 Å². The van der Waals surface area contributed by atoms with E-state index in [-0.39, 0.29) is 24.0 Å². The van der Waals surface area contributed by atoms with E-state index in [0.29, 0.717) is 12.6 Å². The van der Waals surface area contributed by atoms with E-state index in [0.717, 1.165) is 71.3 Å². The van der Waals surface area contributed by atoms with Gasteiger partial charge in [0.05, 0.1) is 19.8 Å². The van der Waals surface area contributed by atoms with Crippen molar-refractivity contribution in [3.05, 3.63) is 65.7 Å². The van der Waals surface area contributed by atoms with Crippen LogP contribution in [0.25, 0.3) is 0 Å². The van der Waals surface area contributed by atoms with Crippen molar-refractivity contribution in [2.45, 2.75) is 38.9 Å². The third kappa shape index (κ3) is 8.15. The van der Waals surface area contributed by atoms with Crippen molar-refractivity contribution in [2.24, 2.45) is 4.99 Å². The van der Waals surface area contributed by atoms with E-state index in [4.69, 9.17) is 9.73 Å². The van der Waals surface area contributed by atoms with E-state index < -0.39 is 0 Å². The Bertz CT molecular complexity index is 832. The fourth-order valence-electron chi connectivity index (χ4n) is 4.39. The minimum Gasteiger partial charge on any atom is -0.378 e. The lowest BCUT2D eigenvalue weighted by atomic mass is 10.0. The number of guanidine groups is 1. The van der Waals surface area contributed by atoms with Gasteiger partial charge in [0.1, 0.15) is 0 Å². The van der Waals surface area contributed by atoms with E-state index >= 15 is 0 Å². The first-order valence-corrected chi connectivity index (χ1v) is 12.0. The number of benzene rings is 2. The molecule has 0 saturated carbocycles. The standard InChI is InChI=1S/C26H37N5O.HI/c1-2-27-26(28-20-22-8-10-25(11-9-22)31-16-18-32-19-17-31)29-24-12-14-30(15-13-24)21-23-6-4-3-5-7-23;/h3-11,24H,2,12-21H2,1H3,(H2,27,28,29);1H. The number of ether oxygens (including phenoxy) is 1. The number of morpholine rings is 1. The van der Waals surface area contributed by atoms with Gasteiger partial charge in [-0.3, -0.25) is 4.90 Å². The van der Waals surface area contributed by atoms with Crippen LogP contribution in [0.15, 0.2) is 59.6 Å². The van der Waals surface area contributed by atoms with E-state index in [9.17, 15) is 0 Å². The molecule has 2 aromatic carbocycles. The first-order valence-electron chi connectivity index (χ1n) is 12.0. The molecule has 0 bridgehead atoms. The lowest BCUT2D eigenvalue weighted by Crippen LogP contribution is -2.48. The van der Waals surface area contributed by atoms with Gasteiger partial charge in [0.25, 0.3) is 0 Å². The SMILES string of the molecule is CCNC(=NCc1ccc(N2CCOCC2)cc1)NC1CCN(Cc2ccccc2)CC1.I. The highest BCUT2D eigenvalue weighted by atomic mass is 127. The molecule has 0 unspecified atom stereocenters. The zero-order valence-electron chi connectivity index (χ0n) is 19.7. The van der Waals surface area contributed by atoms with Crippen LogP contribution >= 0.6 is 24.0 Å². The summed E-state index contributed by atoms with van der Waals surface area (Å²) in [5.74, 6) is 0.922. The number of likely N-dealkylation sites (tertiary alicyclic amines) is 1. The van der Waals surface area contributed by atoms with Crippen molar-refractivity contribution in [3.8, 4) is 0 Å². The molecule has 2 fully saturated rings. The Morgan fingerprint density at radius 3 is 2.30 bits per heavy atom. The molecule has 2 N–H and O–H groups in total. The molecule has 180 valence electrons. The zero-order valence-corrected chi connectivity index (χ0v) is 22.0. The van der Waals surface area contributed by atoms with E-state index in [1.807, 2.05) is 0 Å². The molecular formula is C26H38IN5O. The van der Waals surface area contributed by atoms with Gasteiger partial charge in [-0.15, -0.1) is 24.0 Å². The summed E-state index contributed by atoms with van der Waals surface area (Å²) in [6, 6.07) is 20.0. The molecule has 4 rings (SSSR count). The highest BCUT2D eigenvalue weighted by Crippen LogP contribution is 2.17. The highest BCUT2D eigenvalue weighted by molar-refractivity contribution is 14.0. The Hall–Kier alpha value is -1.84. The molecule has 2 aliphatic heterocycles. The highest BCUT2D eigenvalue weighted by Gasteiger charge is 2.20. The normalized spacial score (nSPS) is 18.0. The van der Waals surface area contributed by atoms with Gasteiger partial charge in [0.15, 0.2) is 5.96 Å². The predicted molar refractivity (Wildman–Crippen MR) is 148 cm³/mol. The number of piperidine rings is 1. The molecule has 0 amide bonds. The van der Waals surface area contributed by atoms with Crippen LogP contribution in [0, 0.1) is 0 Å². The fourth-order valence-corrected chi connectivity index (χ4v) is 4.39. The van der Waals surface area contributed by atoms with Gasteiger partial charge >= 0.3 is 0 Å². The summed E-state index contributed by atoms with van der Waals surface area (Å²) in [6.45, 7) is 10.5. The molecule has 2 aliphatic rings. The van der Waals surface area contributed by atoms with Gasteiger partial charge in [-0.1, -0.05) is 42.5 Å². The minimum absolute atomic E-state index is 0. The first-order chi connectivity index (χ1) is 15.8. The van der Waals surface area contributed by atoms with Gasteiger partial charge < -0.3 is 20.3 Å². The molecule has 0 radical (unpaired) electrons. The number of anilines is 1. The van der Waals surface area contributed by atoms with Crippen molar-refractivity contribution in [2.75, 3.05) is 50.8 Å². The smallest absolute Gasteiger partial charge is 0.191 e. The van der Waals surface area contributed by atoms with Gasteiger partial charge in [0, 0.05) is 51.0 Å². The molecule has 0 atom stereocenters. The fraction of sp³-hybridized carbons (Fsp3) is 0.500. The Morgan fingerprint density at radius 2 is 1.64 bits per heavy atom. The van der Waals surface area contributed by atoms with Gasteiger partial charge in [-0.25, -0.2) is 4.99 Å². The van der Waals surface area contributed by atoms with Crippen molar-refractivity contribution >= 4 is 35.6 Å². The maximum Gasteiger partial charge on any atom is 0.191 e. The number of rotatable bonds is 7. The summed E-state index contributed by atoms with van der Waals surface area (Å²) in [5.41, 5.74) is 3.90. The first kappa shape index (κ1) is 25.8. The number of nitrogens with one attached hydrogen (secondary N) is 2. The summed E-state index contributed by atoms with van der Waals surface area (Å²) in [6.07, 6.45) is 2.29. The van der Waals surface area contributed by atoms with Gasteiger partial charge in [-0.05, 0) is 43.0 Å². The van der Waals surface area contributed by atoms with Crippen LogP contribution in [-0.4, -0.2) is 62.8 Å². The van der Waals surface area contributed by atoms with Crippen LogP contribution in [0.5, 0.6) is 0 Å². The van der Waals surface area contributed by atoms with E-state index in [1.54, 1.807) is 0 Å². The maximum atomic E-state index is 5.45. The predicted octanol–water partition coefficient (Wildman–Crippen LogP) is 3.86. The lowest BCUT2D eigenvalue weighted by Gasteiger charge is -2.33. The monoisotopic (exact) mass is 563 g/mol. The molecule has 2 saturated heterocycles. The van der Waals surface area contributed by atoms with Crippen LogP contribution in [0.3, 0.4) is 0 Å². The van der Waals surface area contributed by atoms with Crippen LogP contribution in [-0.2, 0) is 17.8 Å². The molecule has 2 aromatic rings. The van der Waals surface area contributed by atoms with Crippen LogP contribution in [0.2, 0.25) is 0 Å². The number of aliphatic imine (C=N–C) groups is 1. The number of nitrogens with zero attached hydrogens (tertiary/aromatic N) is 3. The van der Waals surface area contributed by atoms with E-state index in [2.05, 4.69) is 82.0 Å². The Morgan fingerprint density at radius 1 is 0.939 bits per heavy atom. The Kier molecular flexibility index (Phi) is 10.8. The molecule has 0 aromatic heterocycles. The summed E-state index contributed by atoms with van der Waals surface area (Å²) in [7, 11) is 0.